The highest BCUT2D eigenvalue weighted by Crippen LogP contribution is 2.29. The van der Waals surface area contributed by atoms with E-state index in [4.69, 9.17) is 4.74 Å². The number of hydrogen-bond donors (Lipinski definition) is 1. The van der Waals surface area contributed by atoms with Crippen molar-refractivity contribution in [2.24, 2.45) is 0 Å². The zero-order chi connectivity index (χ0) is 21.8. The molecule has 0 aliphatic carbocycles. The maximum atomic E-state index is 11.7. The average molecular weight is 476 g/mol. The molecule has 0 bridgehead atoms. The normalized spacial score (nSPS) is 11.8. The van der Waals surface area contributed by atoms with E-state index in [1.54, 1.807) is 0 Å². The molecule has 0 fully saturated rings. The first-order valence-corrected chi connectivity index (χ1v) is 10.8. The van der Waals surface area contributed by atoms with Gasteiger partial charge in [0.1, 0.15) is 5.75 Å². The highest BCUT2D eigenvalue weighted by atomic mass is 79.9. The zero-order valence-corrected chi connectivity index (χ0v) is 18.6. The lowest BCUT2D eigenvalue weighted by Gasteiger charge is -2.16. The zero-order valence-electron chi connectivity index (χ0n) is 17.0. The fourth-order valence-corrected chi connectivity index (χ4v) is 3.84. The van der Waals surface area contributed by atoms with Crippen molar-refractivity contribution in [3.8, 4) is 22.7 Å². The van der Waals surface area contributed by atoms with Gasteiger partial charge in [0.05, 0.1) is 5.69 Å². The Kier molecular flexibility index (Phi) is 6.23. The van der Waals surface area contributed by atoms with Crippen molar-refractivity contribution in [1.29, 1.82) is 0 Å². The lowest BCUT2D eigenvalue weighted by atomic mass is 10.1. The largest absolute Gasteiger partial charge is 0.478 e. The van der Waals surface area contributed by atoms with Gasteiger partial charge in [-0.15, -0.1) is 0 Å². The summed E-state index contributed by atoms with van der Waals surface area (Å²) in [4.78, 5) is 11.7. The van der Waals surface area contributed by atoms with E-state index in [1.807, 2.05) is 66.7 Å². The number of ether oxygens (including phenoxy) is 1. The van der Waals surface area contributed by atoms with Crippen LogP contribution >= 0.6 is 15.9 Å². The van der Waals surface area contributed by atoms with Crippen LogP contribution in [0.1, 0.15) is 11.3 Å². The van der Waals surface area contributed by atoms with Crippen LogP contribution in [-0.4, -0.2) is 21.7 Å². The van der Waals surface area contributed by atoms with Crippen LogP contribution in [0, 0.1) is 6.92 Å². The molecule has 4 nitrogen and oxygen atoms in total. The molecule has 156 valence electrons. The summed E-state index contributed by atoms with van der Waals surface area (Å²) in [5.74, 6) is -0.446. The Labute approximate surface area is 189 Å². The van der Waals surface area contributed by atoms with E-state index in [0.29, 0.717) is 12.2 Å². The minimum absolute atomic E-state index is 0.309. The lowest BCUT2D eigenvalue weighted by Crippen LogP contribution is -2.29. The van der Waals surface area contributed by atoms with Gasteiger partial charge in [-0.3, -0.25) is 0 Å². The molecule has 1 heterocycles. The molecule has 31 heavy (non-hydrogen) atoms. The van der Waals surface area contributed by atoms with Crippen molar-refractivity contribution >= 4 is 21.9 Å². The monoisotopic (exact) mass is 475 g/mol. The van der Waals surface area contributed by atoms with E-state index < -0.39 is 12.1 Å². The van der Waals surface area contributed by atoms with E-state index in [-0.39, 0.29) is 0 Å². The van der Waals surface area contributed by atoms with Crippen molar-refractivity contribution in [2.45, 2.75) is 19.4 Å². The van der Waals surface area contributed by atoms with Gasteiger partial charge in [0.25, 0.3) is 0 Å². The second-order valence-corrected chi connectivity index (χ2v) is 8.25. The number of rotatable bonds is 7. The Hall–Kier alpha value is -3.31. The van der Waals surface area contributed by atoms with Gasteiger partial charge in [0, 0.05) is 22.3 Å². The Bertz CT molecular complexity index is 1170. The second kappa shape index (κ2) is 9.23. The number of carboxylic acids is 1. The fraction of sp³-hybridized carbons (Fsp3) is 0.115. The summed E-state index contributed by atoms with van der Waals surface area (Å²) in [6.07, 6.45) is -0.633. The Morgan fingerprint density at radius 1 is 0.935 bits per heavy atom. The molecule has 1 atom stereocenters. The number of nitrogens with zero attached hydrogens (tertiary/aromatic N) is 1. The van der Waals surface area contributed by atoms with E-state index in [9.17, 15) is 9.90 Å². The molecule has 4 aromatic rings. The molecule has 4 rings (SSSR count). The van der Waals surface area contributed by atoms with Crippen LogP contribution < -0.4 is 4.74 Å². The molecule has 3 aromatic carbocycles. The smallest absolute Gasteiger partial charge is 0.345 e. The number of carbonyl (C=O) groups is 1. The Morgan fingerprint density at radius 2 is 1.61 bits per heavy atom. The standard InChI is InChI=1S/C26H22BrNO3/c1-18-7-16-24(28(18)22-12-10-21(27)11-13-22)20-8-14-23(15-9-20)31-25(26(29)30)17-19-5-3-2-4-6-19/h2-16,25H,17H2,1H3,(H,29,30)/t25-/m0/s1. The number of carboxylic acid groups (broad SMARTS) is 1. The molecule has 0 amide bonds. The van der Waals surface area contributed by atoms with E-state index in [0.717, 1.165) is 32.7 Å². The summed E-state index contributed by atoms with van der Waals surface area (Å²) in [6.45, 7) is 2.07. The summed E-state index contributed by atoms with van der Waals surface area (Å²) in [5, 5.41) is 9.58. The van der Waals surface area contributed by atoms with Gasteiger partial charge in [-0.05, 0) is 78.7 Å². The van der Waals surface area contributed by atoms with Crippen LogP contribution in [0.3, 0.4) is 0 Å². The summed E-state index contributed by atoms with van der Waals surface area (Å²) in [5.41, 5.74) is 5.22. The topological polar surface area (TPSA) is 51.5 Å². The third-order valence-electron chi connectivity index (χ3n) is 5.13. The number of aromatic nitrogens is 1. The minimum Gasteiger partial charge on any atom is -0.478 e. The van der Waals surface area contributed by atoms with Gasteiger partial charge in [0.15, 0.2) is 6.10 Å². The number of benzene rings is 3. The first-order chi connectivity index (χ1) is 15.0. The van der Waals surface area contributed by atoms with Gasteiger partial charge in [-0.1, -0.05) is 46.3 Å². The van der Waals surface area contributed by atoms with Crippen molar-refractivity contribution in [3.63, 3.8) is 0 Å². The molecule has 5 heteroatoms. The number of aliphatic carboxylic acids is 1. The maximum Gasteiger partial charge on any atom is 0.345 e. The number of aryl methyl sites for hydroxylation is 1. The molecule has 0 saturated heterocycles. The highest BCUT2D eigenvalue weighted by molar-refractivity contribution is 9.10. The van der Waals surface area contributed by atoms with Crippen LogP contribution in [0.2, 0.25) is 0 Å². The lowest BCUT2D eigenvalue weighted by molar-refractivity contribution is -0.145. The van der Waals surface area contributed by atoms with Crippen molar-refractivity contribution in [3.05, 3.63) is 107 Å². The summed E-state index contributed by atoms with van der Waals surface area (Å²) < 4.78 is 9.02. The second-order valence-electron chi connectivity index (χ2n) is 7.33. The number of halogens is 1. The van der Waals surface area contributed by atoms with E-state index in [2.05, 4.69) is 51.7 Å². The van der Waals surface area contributed by atoms with Crippen molar-refractivity contribution in [2.75, 3.05) is 0 Å². The SMILES string of the molecule is Cc1ccc(-c2ccc(O[C@@H](Cc3ccccc3)C(=O)O)cc2)n1-c1ccc(Br)cc1. The quantitative estimate of drug-likeness (QED) is 0.341. The van der Waals surface area contributed by atoms with Crippen LogP contribution in [0.25, 0.3) is 16.9 Å². The maximum absolute atomic E-state index is 11.7. The molecule has 0 aliphatic heterocycles. The Morgan fingerprint density at radius 3 is 2.26 bits per heavy atom. The molecule has 0 aliphatic rings. The highest BCUT2D eigenvalue weighted by Gasteiger charge is 2.20. The molecule has 0 spiro atoms. The summed E-state index contributed by atoms with van der Waals surface area (Å²) in [6, 6.07) is 29.4. The van der Waals surface area contributed by atoms with Gasteiger partial charge < -0.3 is 14.4 Å². The van der Waals surface area contributed by atoms with Gasteiger partial charge in [-0.25, -0.2) is 4.79 Å². The predicted octanol–water partition coefficient (Wildman–Crippen LogP) is 6.29. The van der Waals surface area contributed by atoms with Crippen LogP contribution in [0.4, 0.5) is 0 Å². The molecule has 0 radical (unpaired) electrons. The molecule has 0 unspecified atom stereocenters. The van der Waals surface area contributed by atoms with Gasteiger partial charge in [-0.2, -0.15) is 0 Å². The number of hydrogen-bond acceptors (Lipinski definition) is 2. The van der Waals surface area contributed by atoms with Crippen molar-refractivity contribution in [1.82, 2.24) is 4.57 Å². The van der Waals surface area contributed by atoms with Gasteiger partial charge in [0.2, 0.25) is 0 Å². The Balaban J connectivity index is 1.56. The summed E-state index contributed by atoms with van der Waals surface area (Å²) in [7, 11) is 0. The van der Waals surface area contributed by atoms with E-state index in [1.165, 1.54) is 0 Å². The van der Waals surface area contributed by atoms with Crippen LogP contribution in [0.5, 0.6) is 5.75 Å². The molecule has 1 N–H and O–H groups in total. The third kappa shape index (κ3) is 4.89. The molecule has 0 saturated carbocycles. The van der Waals surface area contributed by atoms with Crippen LogP contribution in [0.15, 0.2) is 95.5 Å². The van der Waals surface area contributed by atoms with Crippen molar-refractivity contribution < 1.29 is 14.6 Å². The predicted molar refractivity (Wildman–Crippen MR) is 126 cm³/mol. The molecule has 1 aromatic heterocycles. The van der Waals surface area contributed by atoms with Gasteiger partial charge >= 0.3 is 5.97 Å². The minimum atomic E-state index is -0.979. The average Bonchev–Trinajstić information content (AvgIpc) is 3.16. The third-order valence-corrected chi connectivity index (χ3v) is 5.66. The van der Waals surface area contributed by atoms with E-state index >= 15 is 0 Å². The van der Waals surface area contributed by atoms with Crippen LogP contribution in [-0.2, 0) is 11.2 Å². The molecular weight excluding hydrogens is 454 g/mol. The summed E-state index contributed by atoms with van der Waals surface area (Å²) >= 11 is 3.48. The fourth-order valence-electron chi connectivity index (χ4n) is 3.57. The first-order valence-electron chi connectivity index (χ1n) is 9.99. The molecular formula is C26H22BrNO3. The first kappa shape index (κ1) is 20.9.